The van der Waals surface area contributed by atoms with Crippen LogP contribution in [0.4, 0.5) is 39.5 Å². The van der Waals surface area contributed by atoms with Crippen LogP contribution in [0.25, 0.3) is 0 Å². The van der Waals surface area contributed by atoms with Gasteiger partial charge in [-0.3, -0.25) is 0 Å². The summed E-state index contributed by atoms with van der Waals surface area (Å²) in [5, 5.41) is 18.8. The molecular weight excluding hydrogens is 1570 g/mol. The van der Waals surface area contributed by atoms with E-state index in [0.29, 0.717) is 70.7 Å². The van der Waals surface area contributed by atoms with Crippen LogP contribution in [0.5, 0.6) is 69.0 Å². The maximum absolute atomic E-state index is 12.8. The lowest BCUT2D eigenvalue weighted by Crippen LogP contribution is -2.27. The van der Waals surface area contributed by atoms with E-state index in [1.54, 1.807) is 125 Å². The summed E-state index contributed by atoms with van der Waals surface area (Å²) in [7, 11) is 6.40. The summed E-state index contributed by atoms with van der Waals surface area (Å²) in [5.74, 6) is 8.80. The van der Waals surface area contributed by atoms with Gasteiger partial charge in [-0.1, -0.05) is 21.3 Å². The molecule has 31 heteroatoms. The summed E-state index contributed by atoms with van der Waals surface area (Å²) >= 11 is 4.69. The molecule has 0 radical (unpaired) electrons. The monoisotopic (exact) mass is 1660 g/mol. The second kappa shape index (κ2) is 53.9. The van der Waals surface area contributed by atoms with Gasteiger partial charge in [-0.15, -0.1) is 35.3 Å². The Morgan fingerprint density at radius 2 is 0.614 bits per heavy atom. The maximum Gasteiger partial charge on any atom is 0.416 e. The van der Waals surface area contributed by atoms with Crippen LogP contribution >= 0.6 is 35.3 Å². The first-order valence-corrected chi connectivity index (χ1v) is 36.9. The maximum atomic E-state index is 12.8. The van der Waals surface area contributed by atoms with E-state index in [0.717, 1.165) is 104 Å². The van der Waals surface area contributed by atoms with Crippen LogP contribution < -0.4 is 52.1 Å². The molecule has 114 heavy (non-hydrogen) atoms. The van der Waals surface area contributed by atoms with Gasteiger partial charge in [-0.05, 0) is 250 Å². The summed E-state index contributed by atoms with van der Waals surface area (Å²) in [6.07, 6.45) is -11.9. The van der Waals surface area contributed by atoms with Gasteiger partial charge in [0, 0.05) is 31.9 Å². The predicted octanol–water partition coefficient (Wildman–Crippen LogP) is 19.7. The second-order valence-electron chi connectivity index (χ2n) is 23.0. The lowest BCUT2D eigenvalue weighted by molar-refractivity contribution is -0.193. The Morgan fingerprint density at radius 3 is 0.886 bits per heavy atom. The largest absolute Gasteiger partial charge is 0.508 e. The van der Waals surface area contributed by atoms with E-state index in [9.17, 15) is 44.6 Å². The van der Waals surface area contributed by atoms with Crippen LogP contribution in [0.1, 0.15) is 67.5 Å². The first kappa shape index (κ1) is 99.2. The molecule has 0 saturated carbocycles. The number of aliphatic hydroxyl groups is 1. The number of phenolic OH excluding ortho intramolecular Hbond substituents is 1. The zero-order valence-electron chi connectivity index (χ0n) is 62.8. The Morgan fingerprint density at radius 1 is 0.351 bits per heavy atom. The number of alkyl halides is 9. The van der Waals surface area contributed by atoms with E-state index in [-0.39, 0.29) is 63.7 Å². The highest BCUT2D eigenvalue weighted by atomic mass is 32.2. The van der Waals surface area contributed by atoms with Crippen LogP contribution in [-0.2, 0) is 47.3 Å². The molecule has 9 aromatic carbocycles. The molecule has 19 nitrogen and oxygen atoms in total. The quantitative estimate of drug-likeness (QED) is 0.0294. The average molecular weight is 1660 g/mol. The highest BCUT2D eigenvalue weighted by Crippen LogP contribution is 2.36. The Labute approximate surface area is 668 Å². The molecule has 0 amide bonds. The Bertz CT molecular complexity index is 4230. The summed E-state index contributed by atoms with van der Waals surface area (Å²) in [6.45, 7) is 11.8. The van der Waals surface area contributed by atoms with E-state index in [2.05, 4.69) is 13.0 Å². The lowest BCUT2D eigenvalue weighted by atomic mass is 10.2. The van der Waals surface area contributed by atoms with Crippen molar-refractivity contribution in [2.75, 3.05) is 78.7 Å². The number of halogens is 9. The number of hydrogen-bond acceptors (Lipinski definition) is 22. The van der Waals surface area contributed by atoms with Crippen LogP contribution in [0.3, 0.4) is 0 Å². The van der Waals surface area contributed by atoms with Crippen LogP contribution in [-0.4, -0.2) is 126 Å². The second-order valence-corrected chi connectivity index (χ2v) is 26.3. The van der Waals surface area contributed by atoms with Gasteiger partial charge in [-0.25, -0.2) is 0 Å². The fourth-order valence-corrected chi connectivity index (χ4v) is 11.9. The molecule has 0 spiro atoms. The van der Waals surface area contributed by atoms with Crippen molar-refractivity contribution in [1.82, 2.24) is 0 Å². The molecule has 9 aromatic rings. The normalized spacial score (nSPS) is 11.2. The number of aromatic hydroxyl groups is 1. The molecule has 616 valence electrons. The van der Waals surface area contributed by atoms with Gasteiger partial charge in [0.05, 0.1) is 64.4 Å². The van der Waals surface area contributed by atoms with Gasteiger partial charge >= 0.3 is 37.0 Å². The van der Waals surface area contributed by atoms with Crippen molar-refractivity contribution in [3.63, 3.8) is 0 Å². The number of rotatable bonds is 32. The molecular formula is C83H89F9O19S3. The van der Waals surface area contributed by atoms with E-state index < -0.39 is 41.3 Å². The number of phenols is 1. The van der Waals surface area contributed by atoms with Crippen LogP contribution in [0.15, 0.2) is 215 Å². The summed E-state index contributed by atoms with van der Waals surface area (Å²) in [5.41, 5.74) is 0.948. The molecule has 0 aliphatic heterocycles. The van der Waals surface area contributed by atoms with E-state index in [1.807, 2.05) is 76.2 Å². The number of thioether (sulfide) groups is 3. The van der Waals surface area contributed by atoms with Crippen LogP contribution in [0, 0.1) is 20.8 Å². The van der Waals surface area contributed by atoms with Gasteiger partial charge in [0.25, 0.3) is 0 Å². The third kappa shape index (κ3) is 39.5. The van der Waals surface area contributed by atoms with Crippen molar-refractivity contribution in [1.29, 1.82) is 0 Å². The number of methoxy groups -OCH3 is 4. The van der Waals surface area contributed by atoms with Crippen molar-refractivity contribution >= 4 is 53.7 Å². The van der Waals surface area contributed by atoms with E-state index in [1.165, 1.54) is 48.2 Å². The van der Waals surface area contributed by atoms with Crippen molar-refractivity contribution in [2.24, 2.45) is 0 Å². The summed E-state index contributed by atoms with van der Waals surface area (Å²) in [4.78, 5) is 51.9. The fraction of sp³-hybridized carbons (Fsp3) is 0.313. The molecule has 3 atom stereocenters. The SMILES string of the molecule is C.CCCOc1ccc(SCC(COc2ccc(C(F)(F)F)cc2)Oc2ccc(OC)cc2)cc1C.CCCOc1ccc(SCC(O)COc2ccc(C(F)(F)F)cc2)cc1C.COc1ccc(O)cc1.COc1ccc(OC(COc2ccc(C(F)(F)F)cc2)CSc2ccc(OC)c(C)c2)cc1.O=C=O.O=C=O.O=C=O. The third-order valence-corrected chi connectivity index (χ3v) is 17.9. The first-order chi connectivity index (χ1) is 53.9. The number of aryl methyl sites for hydroxylation is 3. The van der Waals surface area contributed by atoms with Crippen LogP contribution in [0.2, 0.25) is 0 Å². The zero-order chi connectivity index (χ0) is 83.8. The minimum absolute atomic E-state index is 0. The fourth-order valence-electron chi connectivity index (χ4n) is 9.03. The molecule has 3 unspecified atom stereocenters. The number of hydrogen-bond donors (Lipinski definition) is 2. The Balaban J connectivity index is 0.000000522. The van der Waals surface area contributed by atoms with Gasteiger partial charge < -0.3 is 62.3 Å². The topological polar surface area (TPSA) is 244 Å². The first-order valence-electron chi connectivity index (χ1n) is 33.9. The smallest absolute Gasteiger partial charge is 0.416 e. The summed E-state index contributed by atoms with van der Waals surface area (Å²) < 4.78 is 175. The minimum atomic E-state index is -4.38. The van der Waals surface area contributed by atoms with E-state index in [4.69, 9.17) is 86.0 Å². The minimum Gasteiger partial charge on any atom is -0.508 e. The molecule has 9 rings (SSSR count). The molecule has 0 bridgehead atoms. The number of ether oxygens (including phenoxy) is 11. The van der Waals surface area contributed by atoms with Gasteiger partial charge in [-0.2, -0.15) is 68.3 Å². The average Bonchev–Trinajstić information content (AvgIpc) is 0.867. The van der Waals surface area contributed by atoms with Crippen molar-refractivity contribution in [2.45, 2.75) is 106 Å². The zero-order valence-corrected chi connectivity index (χ0v) is 65.3. The van der Waals surface area contributed by atoms with Gasteiger partial charge in [0.2, 0.25) is 0 Å². The predicted molar refractivity (Wildman–Crippen MR) is 412 cm³/mol. The van der Waals surface area contributed by atoms with E-state index >= 15 is 0 Å². The number of aliphatic hydroxyl groups excluding tert-OH is 1. The number of carbonyl (C=O) groups excluding carboxylic acids is 6. The Kier molecular flexibility index (Phi) is 46.9. The lowest BCUT2D eigenvalue weighted by Gasteiger charge is -2.20. The molecule has 0 aliphatic rings. The molecule has 0 aliphatic carbocycles. The third-order valence-electron chi connectivity index (χ3n) is 14.6. The Hall–Kier alpha value is -10.9. The molecule has 0 saturated heterocycles. The molecule has 0 aromatic heterocycles. The van der Waals surface area contributed by atoms with Gasteiger partial charge in [0.1, 0.15) is 101 Å². The van der Waals surface area contributed by atoms with Crippen molar-refractivity contribution < 1.29 is 131 Å². The highest BCUT2D eigenvalue weighted by Gasteiger charge is 2.32. The highest BCUT2D eigenvalue weighted by molar-refractivity contribution is 7.99. The molecule has 0 heterocycles. The molecule has 0 fully saturated rings. The van der Waals surface area contributed by atoms with Crippen molar-refractivity contribution in [3.8, 4) is 69.0 Å². The van der Waals surface area contributed by atoms with Crippen molar-refractivity contribution in [3.05, 3.63) is 234 Å². The molecule has 2 N–H and O–H groups in total. The standard InChI is InChI=1S/C27H29F3O4S.C25H25F3O4S.C20H23F3O3S.C7H8O2.3CO2.CH4/c1-4-15-32-26-14-13-25(16-19(26)2)35-18-24(34-23-11-9-21(31-3)10-12-23)17-33-22-7-5-20(6-8-22)27(28,29)30;1-17-14-23(12-13-24(17)30-3)33-16-22(32-21-10-8-19(29-2)9-11-21)15-31-20-6-4-18(5-7-20)25(26,27)28;1-3-10-25-19-9-8-18(11-14(19)2)27-13-16(24)12-26-17-6-4-15(5-7-17)20(21,22)23;1-9-7-4-2-6(8)3-5-7;3*2-1-3;/h5-14,16,24H,4,15,17-18H2,1-3H3;4-14,22H,15-16H2,1-3H3;4-9,11,16,24H,3,10,12-13H2,1-2H3;2-5,8H,1H3;;;;1H4. The summed E-state index contributed by atoms with van der Waals surface area (Å²) in [6, 6.07) is 52.5. The van der Waals surface area contributed by atoms with Gasteiger partial charge in [0.15, 0.2) is 0 Å². The number of benzene rings is 9.